The molecule has 0 aliphatic carbocycles. The molecule has 0 radical (unpaired) electrons. The summed E-state index contributed by atoms with van der Waals surface area (Å²) >= 11 is 0. The van der Waals surface area contributed by atoms with Crippen LogP contribution in [0.2, 0.25) is 0 Å². The summed E-state index contributed by atoms with van der Waals surface area (Å²) in [6.45, 7) is 0. The molecule has 42 heavy (non-hydrogen) atoms. The van der Waals surface area contributed by atoms with Crippen LogP contribution in [-0.4, -0.2) is 10.2 Å². The number of fused-ring (bicyclic) bond motifs is 3. The van der Waals surface area contributed by atoms with Crippen LogP contribution >= 0.6 is 0 Å². The fourth-order valence-electron chi connectivity index (χ4n) is 5.53. The summed E-state index contributed by atoms with van der Waals surface area (Å²) in [5, 5.41) is 10.7. The van der Waals surface area contributed by atoms with E-state index >= 15 is 0 Å². The molecule has 198 valence electrons. The molecule has 4 heteroatoms. The van der Waals surface area contributed by atoms with Crippen LogP contribution in [0.4, 0.5) is 0 Å². The van der Waals surface area contributed by atoms with Crippen molar-refractivity contribution in [3.63, 3.8) is 0 Å². The van der Waals surface area contributed by atoms with Gasteiger partial charge in [0.25, 0.3) is 0 Å². The van der Waals surface area contributed by atoms with E-state index in [2.05, 4.69) is 101 Å². The van der Waals surface area contributed by atoms with Gasteiger partial charge in [0.1, 0.15) is 11.2 Å². The molecule has 0 aliphatic heterocycles. The van der Waals surface area contributed by atoms with Gasteiger partial charge in [-0.15, -0.1) is 10.2 Å². The third-order valence-corrected chi connectivity index (χ3v) is 7.67. The second-order valence-corrected chi connectivity index (χ2v) is 10.3. The molecule has 0 saturated carbocycles. The van der Waals surface area contributed by atoms with Crippen LogP contribution in [0.5, 0.6) is 0 Å². The lowest BCUT2D eigenvalue weighted by Gasteiger charge is -2.09. The van der Waals surface area contributed by atoms with Gasteiger partial charge in [-0.3, -0.25) is 0 Å². The first kappa shape index (κ1) is 24.1. The molecule has 0 spiro atoms. The van der Waals surface area contributed by atoms with Crippen molar-refractivity contribution < 1.29 is 8.83 Å². The van der Waals surface area contributed by atoms with Crippen molar-refractivity contribution in [2.24, 2.45) is 0 Å². The minimum atomic E-state index is 0.487. The monoisotopic (exact) mass is 540 g/mol. The predicted octanol–water partition coefficient (Wildman–Crippen LogP) is 10.3. The predicted molar refractivity (Wildman–Crippen MR) is 169 cm³/mol. The SMILES string of the molecule is c1ccc(-c2ccc3oc4c(-c5ccc(-c6nnc(-c7ccccc7)o6)cc5)cc(-c5ccccc5)cc4c3c2)cc1. The van der Waals surface area contributed by atoms with Crippen molar-refractivity contribution in [2.75, 3.05) is 0 Å². The normalized spacial score (nSPS) is 11.3. The quantitative estimate of drug-likeness (QED) is 0.218. The average Bonchev–Trinajstić information content (AvgIpc) is 3.71. The Balaban J connectivity index is 1.26. The van der Waals surface area contributed by atoms with Crippen LogP contribution in [0.25, 0.3) is 78.2 Å². The van der Waals surface area contributed by atoms with E-state index in [-0.39, 0.29) is 0 Å². The van der Waals surface area contributed by atoms with Crippen LogP contribution in [0.15, 0.2) is 154 Å². The zero-order valence-corrected chi connectivity index (χ0v) is 22.6. The summed E-state index contributed by atoms with van der Waals surface area (Å²) in [5.41, 5.74) is 10.2. The third-order valence-electron chi connectivity index (χ3n) is 7.67. The van der Waals surface area contributed by atoms with E-state index in [1.165, 1.54) is 5.56 Å². The van der Waals surface area contributed by atoms with Crippen LogP contribution in [-0.2, 0) is 0 Å². The first-order chi connectivity index (χ1) is 20.8. The van der Waals surface area contributed by atoms with E-state index in [0.29, 0.717) is 11.8 Å². The fourth-order valence-corrected chi connectivity index (χ4v) is 5.53. The number of nitrogens with zero attached hydrogens (tertiary/aromatic N) is 2. The second-order valence-electron chi connectivity index (χ2n) is 10.3. The minimum absolute atomic E-state index is 0.487. The van der Waals surface area contributed by atoms with Crippen molar-refractivity contribution in [3.05, 3.63) is 146 Å². The molecule has 0 N–H and O–H groups in total. The lowest BCUT2D eigenvalue weighted by atomic mass is 9.94. The maximum Gasteiger partial charge on any atom is 0.248 e. The number of benzene rings is 6. The summed E-state index contributed by atoms with van der Waals surface area (Å²) < 4.78 is 12.5. The summed E-state index contributed by atoms with van der Waals surface area (Å²) in [6, 6.07) is 49.9. The van der Waals surface area contributed by atoms with E-state index in [0.717, 1.165) is 60.9 Å². The Kier molecular flexibility index (Phi) is 5.75. The van der Waals surface area contributed by atoms with Crippen molar-refractivity contribution in [3.8, 4) is 56.3 Å². The number of furan rings is 1. The topological polar surface area (TPSA) is 52.1 Å². The average molecular weight is 541 g/mol. The van der Waals surface area contributed by atoms with Crippen molar-refractivity contribution >= 4 is 21.9 Å². The van der Waals surface area contributed by atoms with Crippen LogP contribution < -0.4 is 0 Å². The highest BCUT2D eigenvalue weighted by atomic mass is 16.4. The molecule has 0 fully saturated rings. The van der Waals surface area contributed by atoms with Gasteiger partial charge in [0.05, 0.1) is 0 Å². The smallest absolute Gasteiger partial charge is 0.248 e. The Morgan fingerprint density at radius 3 is 1.50 bits per heavy atom. The first-order valence-electron chi connectivity index (χ1n) is 13.9. The Hall–Kier alpha value is -5.74. The lowest BCUT2D eigenvalue weighted by Crippen LogP contribution is -1.85. The van der Waals surface area contributed by atoms with Gasteiger partial charge in [0.15, 0.2) is 0 Å². The zero-order valence-electron chi connectivity index (χ0n) is 22.6. The molecule has 8 aromatic rings. The number of hydrogen-bond acceptors (Lipinski definition) is 4. The van der Waals surface area contributed by atoms with Gasteiger partial charge in [-0.1, -0.05) is 97.1 Å². The van der Waals surface area contributed by atoms with Gasteiger partial charge < -0.3 is 8.83 Å². The maximum absolute atomic E-state index is 6.55. The largest absolute Gasteiger partial charge is 0.455 e. The van der Waals surface area contributed by atoms with E-state index in [4.69, 9.17) is 8.83 Å². The third kappa shape index (κ3) is 4.27. The summed E-state index contributed by atoms with van der Waals surface area (Å²) in [6.07, 6.45) is 0. The number of aromatic nitrogens is 2. The molecule has 0 bridgehead atoms. The molecular weight excluding hydrogens is 516 g/mol. The van der Waals surface area contributed by atoms with E-state index in [9.17, 15) is 0 Å². The molecule has 2 aromatic heterocycles. The van der Waals surface area contributed by atoms with E-state index < -0.39 is 0 Å². The summed E-state index contributed by atoms with van der Waals surface area (Å²) in [5.74, 6) is 0.991. The Morgan fingerprint density at radius 2 is 0.857 bits per heavy atom. The highest BCUT2D eigenvalue weighted by Crippen LogP contribution is 2.41. The van der Waals surface area contributed by atoms with Gasteiger partial charge in [-0.2, -0.15) is 0 Å². The molecule has 8 rings (SSSR count). The minimum Gasteiger partial charge on any atom is -0.455 e. The van der Waals surface area contributed by atoms with Gasteiger partial charge in [-0.05, 0) is 76.3 Å². The van der Waals surface area contributed by atoms with Crippen molar-refractivity contribution in [1.29, 1.82) is 0 Å². The molecule has 0 saturated heterocycles. The molecule has 0 aliphatic rings. The highest BCUT2D eigenvalue weighted by Gasteiger charge is 2.17. The van der Waals surface area contributed by atoms with Gasteiger partial charge in [-0.25, -0.2) is 0 Å². The Bertz CT molecular complexity index is 2160. The molecule has 4 nitrogen and oxygen atoms in total. The van der Waals surface area contributed by atoms with Crippen molar-refractivity contribution in [1.82, 2.24) is 10.2 Å². The zero-order chi connectivity index (χ0) is 27.9. The second kappa shape index (κ2) is 10.0. The lowest BCUT2D eigenvalue weighted by molar-refractivity contribution is 0.584. The summed E-state index contributed by atoms with van der Waals surface area (Å²) in [4.78, 5) is 0. The fraction of sp³-hybridized carbons (Fsp3) is 0. The first-order valence-corrected chi connectivity index (χ1v) is 13.9. The Labute approximate surface area is 242 Å². The maximum atomic E-state index is 6.55. The van der Waals surface area contributed by atoms with Crippen LogP contribution in [0, 0.1) is 0 Å². The standard InChI is InChI=1S/C38H24N2O2/c1-4-10-25(11-5-1)30-20-21-35-33(22-30)34-24-31(26-12-6-2-7-13-26)23-32(36(34)41-35)27-16-18-29(19-17-27)38-40-39-37(42-38)28-14-8-3-9-15-28/h1-24H. The molecule has 0 unspecified atom stereocenters. The van der Waals surface area contributed by atoms with Gasteiger partial charge in [0.2, 0.25) is 11.8 Å². The van der Waals surface area contributed by atoms with Gasteiger partial charge in [0, 0.05) is 27.5 Å². The molecule has 0 atom stereocenters. The number of hydrogen-bond donors (Lipinski definition) is 0. The molecular formula is C38H24N2O2. The molecule has 6 aromatic carbocycles. The van der Waals surface area contributed by atoms with E-state index in [1.54, 1.807) is 0 Å². The van der Waals surface area contributed by atoms with E-state index in [1.807, 2.05) is 54.6 Å². The van der Waals surface area contributed by atoms with Crippen LogP contribution in [0.3, 0.4) is 0 Å². The Morgan fingerprint density at radius 1 is 0.357 bits per heavy atom. The molecule has 0 amide bonds. The summed E-state index contributed by atoms with van der Waals surface area (Å²) in [7, 11) is 0. The van der Waals surface area contributed by atoms with Crippen LogP contribution in [0.1, 0.15) is 0 Å². The molecule has 2 heterocycles. The van der Waals surface area contributed by atoms with Gasteiger partial charge >= 0.3 is 0 Å². The highest BCUT2D eigenvalue weighted by molar-refractivity contribution is 6.12. The number of rotatable bonds is 5. The van der Waals surface area contributed by atoms with Crippen molar-refractivity contribution in [2.45, 2.75) is 0 Å².